The molecule has 0 aliphatic rings. The minimum Gasteiger partial charge on any atom is -0.375 e. The van der Waals surface area contributed by atoms with Gasteiger partial charge < -0.3 is 15.4 Å². The number of rotatable bonds is 6. The largest absolute Gasteiger partial charge is 0.375 e. The predicted molar refractivity (Wildman–Crippen MR) is 85.3 cm³/mol. The summed E-state index contributed by atoms with van der Waals surface area (Å²) in [7, 11) is 1.46. The van der Waals surface area contributed by atoms with Crippen molar-refractivity contribution in [2.45, 2.75) is 12.6 Å². The fourth-order valence-corrected chi connectivity index (χ4v) is 2.62. The van der Waals surface area contributed by atoms with Crippen molar-refractivity contribution in [3.8, 4) is 0 Å². The molecule has 0 aliphatic heterocycles. The molecule has 0 spiro atoms. The van der Waals surface area contributed by atoms with Crippen LogP contribution in [0.25, 0.3) is 0 Å². The third-order valence-corrected chi connectivity index (χ3v) is 4.04. The standard InChI is InChI=1S/C16H17FN2O3S/c1-22-14(11-4-2-5-12(17)8-11)10-19-16(21)15(20)18-9-13-6-3-7-23-13/h2-8,14H,9-10H2,1H3,(H,18,20)(H,19,21). The van der Waals surface area contributed by atoms with E-state index < -0.39 is 17.9 Å². The maximum Gasteiger partial charge on any atom is 0.309 e. The number of hydrogen-bond acceptors (Lipinski definition) is 4. The van der Waals surface area contributed by atoms with E-state index in [1.54, 1.807) is 12.1 Å². The van der Waals surface area contributed by atoms with E-state index in [1.165, 1.54) is 30.6 Å². The highest BCUT2D eigenvalue weighted by Gasteiger charge is 2.17. The smallest absolute Gasteiger partial charge is 0.309 e. The second kappa shape index (κ2) is 8.40. The molecule has 1 atom stereocenters. The zero-order valence-electron chi connectivity index (χ0n) is 12.5. The molecule has 2 aromatic rings. The van der Waals surface area contributed by atoms with Gasteiger partial charge in [-0.3, -0.25) is 9.59 Å². The van der Waals surface area contributed by atoms with Gasteiger partial charge in [-0.15, -0.1) is 11.3 Å². The van der Waals surface area contributed by atoms with Crippen molar-refractivity contribution in [3.63, 3.8) is 0 Å². The summed E-state index contributed by atoms with van der Waals surface area (Å²) in [4.78, 5) is 24.4. The number of amides is 2. The van der Waals surface area contributed by atoms with Gasteiger partial charge in [-0.1, -0.05) is 18.2 Å². The normalized spacial score (nSPS) is 11.7. The summed E-state index contributed by atoms with van der Waals surface area (Å²) < 4.78 is 18.4. The zero-order valence-corrected chi connectivity index (χ0v) is 13.4. The van der Waals surface area contributed by atoms with Gasteiger partial charge in [-0.2, -0.15) is 0 Å². The second-order valence-electron chi connectivity index (χ2n) is 4.75. The molecule has 122 valence electrons. The number of carbonyl (C=O) groups excluding carboxylic acids is 2. The first-order valence-corrected chi connectivity index (χ1v) is 7.84. The predicted octanol–water partition coefficient (Wildman–Crippen LogP) is 2.01. The minimum atomic E-state index is -0.750. The highest BCUT2D eigenvalue weighted by atomic mass is 32.1. The molecule has 2 N–H and O–H groups in total. The van der Waals surface area contributed by atoms with E-state index >= 15 is 0 Å². The van der Waals surface area contributed by atoms with Crippen LogP contribution in [0.2, 0.25) is 0 Å². The monoisotopic (exact) mass is 336 g/mol. The van der Waals surface area contributed by atoms with Crippen LogP contribution in [0.3, 0.4) is 0 Å². The van der Waals surface area contributed by atoms with E-state index in [-0.39, 0.29) is 12.4 Å². The Balaban J connectivity index is 1.83. The van der Waals surface area contributed by atoms with E-state index in [2.05, 4.69) is 10.6 Å². The first-order valence-electron chi connectivity index (χ1n) is 6.97. The van der Waals surface area contributed by atoms with Crippen LogP contribution in [0.4, 0.5) is 4.39 Å². The molecular formula is C16H17FN2O3S. The van der Waals surface area contributed by atoms with Gasteiger partial charge in [0.25, 0.3) is 0 Å². The van der Waals surface area contributed by atoms with E-state index in [1.807, 2.05) is 17.5 Å². The molecule has 5 nitrogen and oxygen atoms in total. The van der Waals surface area contributed by atoms with Crippen molar-refractivity contribution in [2.75, 3.05) is 13.7 Å². The fraction of sp³-hybridized carbons (Fsp3) is 0.250. The van der Waals surface area contributed by atoms with E-state index in [0.717, 1.165) is 4.88 Å². The number of methoxy groups -OCH3 is 1. The van der Waals surface area contributed by atoms with Crippen molar-refractivity contribution in [1.29, 1.82) is 0 Å². The summed E-state index contributed by atoms with van der Waals surface area (Å²) >= 11 is 1.50. The summed E-state index contributed by atoms with van der Waals surface area (Å²) in [6.45, 7) is 0.382. The number of benzene rings is 1. The second-order valence-corrected chi connectivity index (χ2v) is 5.78. The van der Waals surface area contributed by atoms with Crippen LogP contribution in [0.1, 0.15) is 16.5 Å². The first-order chi connectivity index (χ1) is 11.1. The molecule has 0 bridgehead atoms. The average Bonchev–Trinajstić information content (AvgIpc) is 3.06. The number of hydrogen-bond donors (Lipinski definition) is 2. The summed E-state index contributed by atoms with van der Waals surface area (Å²) in [6, 6.07) is 9.65. The maximum absolute atomic E-state index is 13.2. The van der Waals surface area contributed by atoms with Gasteiger partial charge in [0.05, 0.1) is 12.6 Å². The Hall–Kier alpha value is -2.25. The van der Waals surface area contributed by atoms with Crippen molar-refractivity contribution < 1.29 is 18.7 Å². The molecule has 1 heterocycles. The third-order valence-electron chi connectivity index (χ3n) is 3.16. The molecule has 0 saturated carbocycles. The average molecular weight is 336 g/mol. The molecule has 2 rings (SSSR count). The molecule has 0 aliphatic carbocycles. The van der Waals surface area contributed by atoms with Crippen LogP contribution in [-0.4, -0.2) is 25.5 Å². The SMILES string of the molecule is COC(CNC(=O)C(=O)NCc1cccs1)c1cccc(F)c1. The number of thiophene rings is 1. The van der Waals surface area contributed by atoms with Gasteiger partial charge in [-0.05, 0) is 29.1 Å². The highest BCUT2D eigenvalue weighted by Crippen LogP contribution is 2.16. The fourth-order valence-electron chi connectivity index (χ4n) is 1.97. The lowest BCUT2D eigenvalue weighted by atomic mass is 10.1. The summed E-state index contributed by atoms with van der Waals surface area (Å²) in [5, 5.41) is 6.91. The van der Waals surface area contributed by atoms with Crippen molar-refractivity contribution >= 4 is 23.2 Å². The molecule has 0 saturated heterocycles. The molecule has 1 aromatic heterocycles. The Morgan fingerprint density at radius 3 is 2.65 bits per heavy atom. The van der Waals surface area contributed by atoms with Crippen molar-refractivity contribution in [2.24, 2.45) is 0 Å². The van der Waals surface area contributed by atoms with Gasteiger partial charge in [0.1, 0.15) is 5.82 Å². The molecule has 7 heteroatoms. The van der Waals surface area contributed by atoms with Gasteiger partial charge in [0.2, 0.25) is 0 Å². The zero-order chi connectivity index (χ0) is 16.7. The lowest BCUT2D eigenvalue weighted by molar-refractivity contribution is -0.139. The van der Waals surface area contributed by atoms with Crippen molar-refractivity contribution in [3.05, 3.63) is 58.0 Å². The van der Waals surface area contributed by atoms with Gasteiger partial charge in [-0.25, -0.2) is 4.39 Å². The van der Waals surface area contributed by atoms with Crippen LogP contribution in [0.15, 0.2) is 41.8 Å². The van der Waals surface area contributed by atoms with E-state index in [0.29, 0.717) is 12.1 Å². The van der Waals surface area contributed by atoms with Gasteiger partial charge >= 0.3 is 11.8 Å². The number of halogens is 1. The third kappa shape index (κ3) is 5.15. The lowest BCUT2D eigenvalue weighted by Gasteiger charge is -2.16. The number of carbonyl (C=O) groups is 2. The minimum absolute atomic E-state index is 0.0746. The summed E-state index contributed by atoms with van der Waals surface area (Å²) in [5.74, 6) is -1.85. The Morgan fingerprint density at radius 1 is 1.22 bits per heavy atom. The topological polar surface area (TPSA) is 67.4 Å². The quantitative estimate of drug-likeness (QED) is 0.793. The Bertz CT molecular complexity index is 661. The van der Waals surface area contributed by atoms with Gasteiger partial charge in [0, 0.05) is 18.5 Å². The van der Waals surface area contributed by atoms with Crippen LogP contribution in [0.5, 0.6) is 0 Å². The Morgan fingerprint density at radius 2 is 2.00 bits per heavy atom. The molecule has 23 heavy (non-hydrogen) atoms. The molecule has 0 radical (unpaired) electrons. The Labute approximate surface area is 137 Å². The maximum atomic E-state index is 13.2. The van der Waals surface area contributed by atoms with E-state index in [9.17, 15) is 14.0 Å². The van der Waals surface area contributed by atoms with Crippen LogP contribution in [0, 0.1) is 5.82 Å². The molecular weight excluding hydrogens is 319 g/mol. The molecule has 2 amide bonds. The van der Waals surface area contributed by atoms with Gasteiger partial charge in [0.15, 0.2) is 0 Å². The van der Waals surface area contributed by atoms with E-state index in [4.69, 9.17) is 4.74 Å². The lowest BCUT2D eigenvalue weighted by Crippen LogP contribution is -2.41. The number of ether oxygens (including phenoxy) is 1. The first kappa shape index (κ1) is 17.1. The molecule has 0 fully saturated rings. The summed E-state index contributed by atoms with van der Waals surface area (Å²) in [5.41, 5.74) is 0.590. The van der Waals surface area contributed by atoms with Crippen LogP contribution < -0.4 is 10.6 Å². The highest BCUT2D eigenvalue weighted by molar-refractivity contribution is 7.09. The van der Waals surface area contributed by atoms with Crippen molar-refractivity contribution in [1.82, 2.24) is 10.6 Å². The summed E-state index contributed by atoms with van der Waals surface area (Å²) in [6.07, 6.45) is -0.528. The number of nitrogens with one attached hydrogen (secondary N) is 2. The molecule has 1 aromatic carbocycles. The Kier molecular flexibility index (Phi) is 6.25. The van der Waals surface area contributed by atoms with Crippen LogP contribution in [-0.2, 0) is 20.9 Å². The molecule has 1 unspecified atom stereocenters. The van der Waals surface area contributed by atoms with Crippen LogP contribution >= 0.6 is 11.3 Å².